The van der Waals surface area contributed by atoms with Crippen molar-refractivity contribution in [2.75, 3.05) is 11.9 Å². The molecule has 25 heavy (non-hydrogen) atoms. The fourth-order valence-corrected chi connectivity index (χ4v) is 2.84. The van der Waals surface area contributed by atoms with Gasteiger partial charge >= 0.3 is 0 Å². The molecule has 3 heteroatoms. The summed E-state index contributed by atoms with van der Waals surface area (Å²) in [7, 11) is 0. The number of aryl methyl sites for hydroxylation is 1. The van der Waals surface area contributed by atoms with E-state index in [-0.39, 0.29) is 5.91 Å². The molecule has 0 saturated heterocycles. The van der Waals surface area contributed by atoms with Gasteiger partial charge in [0.05, 0.1) is 6.61 Å². The van der Waals surface area contributed by atoms with Crippen molar-refractivity contribution in [2.45, 2.75) is 26.7 Å². The number of carbonyl (C=O) groups is 1. The van der Waals surface area contributed by atoms with E-state index in [9.17, 15) is 4.79 Å². The van der Waals surface area contributed by atoms with Crippen LogP contribution in [0.5, 0.6) is 5.75 Å². The van der Waals surface area contributed by atoms with Gasteiger partial charge < -0.3 is 10.1 Å². The van der Waals surface area contributed by atoms with Crippen LogP contribution in [0.1, 0.15) is 24.0 Å². The zero-order valence-electron chi connectivity index (χ0n) is 14.7. The predicted octanol–water partition coefficient (Wildman–Crippen LogP) is 5.25. The van der Waals surface area contributed by atoms with Gasteiger partial charge in [-0.2, -0.15) is 0 Å². The molecule has 0 spiro atoms. The minimum absolute atomic E-state index is 0.0147. The van der Waals surface area contributed by atoms with Crippen molar-refractivity contribution in [3.05, 3.63) is 71.8 Å². The fraction of sp³-hybridized carbons (Fsp3) is 0.227. The zero-order valence-corrected chi connectivity index (χ0v) is 14.7. The molecule has 0 aromatic heterocycles. The summed E-state index contributed by atoms with van der Waals surface area (Å²) in [6.07, 6.45) is 1.12. The lowest BCUT2D eigenvalue weighted by atomic mass is 10.1. The number of hydrogen-bond acceptors (Lipinski definition) is 2. The number of hydrogen-bond donors (Lipinski definition) is 1. The first-order valence-corrected chi connectivity index (χ1v) is 8.62. The molecular formula is C22H23NO2. The largest absolute Gasteiger partial charge is 0.493 e. The van der Waals surface area contributed by atoms with Crippen molar-refractivity contribution < 1.29 is 9.53 Å². The topological polar surface area (TPSA) is 38.3 Å². The van der Waals surface area contributed by atoms with Crippen molar-refractivity contribution in [1.82, 2.24) is 0 Å². The minimum Gasteiger partial charge on any atom is -0.493 e. The van der Waals surface area contributed by atoms with E-state index in [1.54, 1.807) is 0 Å². The van der Waals surface area contributed by atoms with Crippen LogP contribution in [0.3, 0.4) is 0 Å². The zero-order chi connectivity index (χ0) is 17.6. The summed E-state index contributed by atoms with van der Waals surface area (Å²) in [5, 5.41) is 5.19. The number of benzene rings is 3. The molecule has 0 aliphatic rings. The number of carbonyl (C=O) groups excluding carboxylic acids is 1. The van der Waals surface area contributed by atoms with Gasteiger partial charge in [-0.25, -0.2) is 0 Å². The van der Waals surface area contributed by atoms with Gasteiger partial charge in [-0.3, -0.25) is 4.79 Å². The summed E-state index contributed by atoms with van der Waals surface area (Å²) in [6.45, 7) is 4.66. The molecule has 3 nitrogen and oxygen atoms in total. The highest BCUT2D eigenvalue weighted by Gasteiger charge is 2.06. The Hall–Kier alpha value is -2.81. The Morgan fingerprint density at radius 2 is 1.72 bits per heavy atom. The standard InChI is InChI=1S/C22H23NO2/c1-16-8-5-13-21(17(16)2)25-15-7-14-22(24)23-20-12-6-10-18-9-3-4-11-19(18)20/h3-6,8-13H,7,14-15H2,1-2H3,(H,23,24). The highest BCUT2D eigenvalue weighted by atomic mass is 16.5. The molecule has 0 radical (unpaired) electrons. The Morgan fingerprint density at radius 3 is 2.60 bits per heavy atom. The van der Waals surface area contributed by atoms with Crippen LogP contribution in [0.2, 0.25) is 0 Å². The summed E-state index contributed by atoms with van der Waals surface area (Å²) in [6, 6.07) is 20.0. The molecule has 0 aliphatic heterocycles. The van der Waals surface area contributed by atoms with Crippen LogP contribution in [0.15, 0.2) is 60.7 Å². The average Bonchev–Trinajstić information content (AvgIpc) is 2.62. The molecule has 0 atom stereocenters. The van der Waals surface area contributed by atoms with Gasteiger partial charge in [0.25, 0.3) is 0 Å². The lowest BCUT2D eigenvalue weighted by Gasteiger charge is -2.11. The Balaban J connectivity index is 1.52. The fourth-order valence-electron chi connectivity index (χ4n) is 2.84. The van der Waals surface area contributed by atoms with E-state index in [1.165, 1.54) is 5.56 Å². The maximum atomic E-state index is 12.2. The molecule has 0 aliphatic carbocycles. The molecule has 0 unspecified atom stereocenters. The number of fused-ring (bicyclic) bond motifs is 1. The highest BCUT2D eigenvalue weighted by Crippen LogP contribution is 2.23. The van der Waals surface area contributed by atoms with E-state index in [4.69, 9.17) is 4.74 Å². The molecular weight excluding hydrogens is 310 g/mol. The van der Waals surface area contributed by atoms with Crippen LogP contribution >= 0.6 is 0 Å². The van der Waals surface area contributed by atoms with Crippen molar-refractivity contribution in [3.8, 4) is 5.75 Å². The second-order valence-electron chi connectivity index (χ2n) is 6.22. The quantitative estimate of drug-likeness (QED) is 0.625. The maximum absolute atomic E-state index is 12.2. The minimum atomic E-state index is 0.0147. The molecule has 0 heterocycles. The van der Waals surface area contributed by atoms with Gasteiger partial charge in [-0.05, 0) is 48.9 Å². The van der Waals surface area contributed by atoms with E-state index in [1.807, 2.05) is 54.6 Å². The molecule has 128 valence electrons. The number of anilines is 1. The summed E-state index contributed by atoms with van der Waals surface area (Å²) >= 11 is 0. The van der Waals surface area contributed by atoms with Crippen LogP contribution in [-0.4, -0.2) is 12.5 Å². The van der Waals surface area contributed by atoms with Gasteiger partial charge in [0.1, 0.15) is 5.75 Å². The third-order valence-corrected chi connectivity index (χ3v) is 4.42. The van der Waals surface area contributed by atoms with Crippen LogP contribution in [0.25, 0.3) is 10.8 Å². The molecule has 1 amide bonds. The summed E-state index contributed by atoms with van der Waals surface area (Å²) < 4.78 is 5.81. The summed E-state index contributed by atoms with van der Waals surface area (Å²) in [5.41, 5.74) is 3.23. The van der Waals surface area contributed by atoms with Gasteiger partial charge in [0, 0.05) is 17.5 Å². The number of amides is 1. The normalized spacial score (nSPS) is 10.6. The van der Waals surface area contributed by atoms with Crippen LogP contribution in [0.4, 0.5) is 5.69 Å². The molecule has 3 aromatic carbocycles. The van der Waals surface area contributed by atoms with Gasteiger partial charge in [-0.1, -0.05) is 48.5 Å². The first-order chi connectivity index (χ1) is 12.1. The summed E-state index contributed by atoms with van der Waals surface area (Å²) in [4.78, 5) is 12.2. The van der Waals surface area contributed by atoms with E-state index in [0.717, 1.165) is 27.8 Å². The Morgan fingerprint density at radius 1 is 0.960 bits per heavy atom. The molecule has 1 N–H and O–H groups in total. The third kappa shape index (κ3) is 4.18. The lowest BCUT2D eigenvalue weighted by Crippen LogP contribution is -2.13. The van der Waals surface area contributed by atoms with Crippen molar-refractivity contribution >= 4 is 22.4 Å². The van der Waals surface area contributed by atoms with Crippen molar-refractivity contribution in [1.29, 1.82) is 0 Å². The van der Waals surface area contributed by atoms with Crippen LogP contribution < -0.4 is 10.1 Å². The number of rotatable bonds is 6. The average molecular weight is 333 g/mol. The van der Waals surface area contributed by atoms with Gasteiger partial charge in [0.2, 0.25) is 5.91 Å². The van der Waals surface area contributed by atoms with Crippen molar-refractivity contribution in [2.24, 2.45) is 0 Å². The first kappa shape index (κ1) is 17.0. The van der Waals surface area contributed by atoms with E-state index < -0.39 is 0 Å². The Kier molecular flexibility index (Phi) is 5.34. The Labute approximate surface area is 148 Å². The third-order valence-electron chi connectivity index (χ3n) is 4.42. The van der Waals surface area contributed by atoms with Crippen molar-refractivity contribution in [3.63, 3.8) is 0 Å². The van der Waals surface area contributed by atoms with E-state index in [2.05, 4.69) is 25.2 Å². The first-order valence-electron chi connectivity index (χ1n) is 8.62. The van der Waals surface area contributed by atoms with Gasteiger partial charge in [0.15, 0.2) is 0 Å². The van der Waals surface area contributed by atoms with E-state index >= 15 is 0 Å². The monoisotopic (exact) mass is 333 g/mol. The number of nitrogens with one attached hydrogen (secondary N) is 1. The smallest absolute Gasteiger partial charge is 0.224 e. The van der Waals surface area contributed by atoms with Crippen LogP contribution in [-0.2, 0) is 4.79 Å². The van der Waals surface area contributed by atoms with Gasteiger partial charge in [-0.15, -0.1) is 0 Å². The van der Waals surface area contributed by atoms with E-state index in [0.29, 0.717) is 19.4 Å². The molecule has 3 aromatic rings. The maximum Gasteiger partial charge on any atom is 0.224 e. The lowest BCUT2D eigenvalue weighted by molar-refractivity contribution is -0.116. The second kappa shape index (κ2) is 7.84. The summed E-state index contributed by atoms with van der Waals surface area (Å²) in [5.74, 6) is 0.912. The van der Waals surface area contributed by atoms with Crippen LogP contribution in [0, 0.1) is 13.8 Å². The number of ether oxygens (including phenoxy) is 1. The predicted molar refractivity (Wildman–Crippen MR) is 103 cm³/mol. The molecule has 0 bridgehead atoms. The highest BCUT2D eigenvalue weighted by molar-refractivity contribution is 6.02. The second-order valence-corrected chi connectivity index (χ2v) is 6.22. The molecule has 0 saturated carbocycles. The molecule has 3 rings (SSSR count). The Bertz CT molecular complexity index is 881. The molecule has 0 fully saturated rings. The SMILES string of the molecule is Cc1cccc(OCCCC(=O)Nc2cccc3ccccc23)c1C.